The minimum absolute atomic E-state index is 0.0457. The molecule has 3 nitrogen and oxygen atoms in total. The standard InChI is InChI=1S/C13H5Cl2F3N2O/c14-8-2-3-10(9(15)5-8)21-12-7(6-19)1-4-11(20-12)13(16,17)18/h1-5H. The lowest BCUT2D eigenvalue weighted by atomic mass is 10.2. The first-order valence-electron chi connectivity index (χ1n) is 5.42. The molecule has 0 N–H and O–H groups in total. The highest BCUT2D eigenvalue weighted by Gasteiger charge is 2.33. The summed E-state index contributed by atoms with van der Waals surface area (Å²) in [5.41, 5.74) is -1.31. The Hall–Kier alpha value is -1.97. The first kappa shape index (κ1) is 15.4. The van der Waals surface area contributed by atoms with Crippen LogP contribution < -0.4 is 4.74 Å². The molecule has 0 aliphatic rings. The Morgan fingerprint density at radius 3 is 2.43 bits per heavy atom. The molecule has 2 rings (SSSR count). The van der Waals surface area contributed by atoms with Gasteiger partial charge < -0.3 is 4.74 Å². The molecule has 0 amide bonds. The molecular weight excluding hydrogens is 328 g/mol. The van der Waals surface area contributed by atoms with E-state index in [0.29, 0.717) is 11.1 Å². The molecule has 0 fully saturated rings. The Labute approximate surface area is 127 Å². The predicted molar refractivity (Wildman–Crippen MR) is 70.5 cm³/mol. The minimum Gasteiger partial charge on any atom is -0.436 e. The summed E-state index contributed by atoms with van der Waals surface area (Å²) in [5.74, 6) is -0.430. The maximum Gasteiger partial charge on any atom is 0.433 e. The summed E-state index contributed by atoms with van der Waals surface area (Å²) < 4.78 is 43.1. The fourth-order valence-electron chi connectivity index (χ4n) is 1.42. The van der Waals surface area contributed by atoms with Gasteiger partial charge in [0.15, 0.2) is 0 Å². The summed E-state index contributed by atoms with van der Waals surface area (Å²) in [4.78, 5) is 3.31. The van der Waals surface area contributed by atoms with Crippen molar-refractivity contribution in [2.24, 2.45) is 0 Å². The topological polar surface area (TPSA) is 45.9 Å². The van der Waals surface area contributed by atoms with Gasteiger partial charge in [0.1, 0.15) is 23.1 Å². The van der Waals surface area contributed by atoms with Gasteiger partial charge in [0.25, 0.3) is 0 Å². The summed E-state index contributed by atoms with van der Waals surface area (Å²) in [7, 11) is 0. The molecule has 0 spiro atoms. The lowest BCUT2D eigenvalue weighted by Crippen LogP contribution is -2.09. The summed E-state index contributed by atoms with van der Waals surface area (Å²) in [5, 5.41) is 9.32. The monoisotopic (exact) mass is 332 g/mol. The minimum atomic E-state index is -4.64. The molecule has 0 radical (unpaired) electrons. The maximum absolute atomic E-state index is 12.6. The molecule has 0 saturated heterocycles. The number of pyridine rings is 1. The van der Waals surface area contributed by atoms with Crippen LogP contribution in [0.25, 0.3) is 0 Å². The lowest BCUT2D eigenvalue weighted by molar-refractivity contribution is -0.141. The average molecular weight is 333 g/mol. The van der Waals surface area contributed by atoms with Crippen LogP contribution in [0.1, 0.15) is 11.3 Å². The van der Waals surface area contributed by atoms with Crippen molar-refractivity contribution in [2.75, 3.05) is 0 Å². The van der Waals surface area contributed by atoms with E-state index in [1.807, 2.05) is 0 Å². The fraction of sp³-hybridized carbons (Fsp3) is 0.0769. The van der Waals surface area contributed by atoms with Crippen molar-refractivity contribution in [1.82, 2.24) is 4.98 Å². The molecule has 1 heterocycles. The second-order valence-electron chi connectivity index (χ2n) is 3.84. The zero-order chi connectivity index (χ0) is 15.6. The van der Waals surface area contributed by atoms with Crippen LogP contribution in [0.2, 0.25) is 10.0 Å². The van der Waals surface area contributed by atoms with Crippen LogP contribution in [-0.2, 0) is 6.18 Å². The number of nitriles is 1. The van der Waals surface area contributed by atoms with Crippen LogP contribution in [0.5, 0.6) is 11.6 Å². The maximum atomic E-state index is 12.6. The Morgan fingerprint density at radius 1 is 1.14 bits per heavy atom. The van der Waals surface area contributed by atoms with Crippen molar-refractivity contribution in [1.29, 1.82) is 5.26 Å². The highest BCUT2D eigenvalue weighted by atomic mass is 35.5. The first-order valence-corrected chi connectivity index (χ1v) is 6.18. The van der Waals surface area contributed by atoms with Gasteiger partial charge in [0.2, 0.25) is 5.88 Å². The molecule has 0 saturated carbocycles. The SMILES string of the molecule is N#Cc1ccc(C(F)(F)F)nc1Oc1ccc(Cl)cc1Cl. The molecule has 21 heavy (non-hydrogen) atoms. The molecule has 0 atom stereocenters. The molecule has 0 bridgehead atoms. The smallest absolute Gasteiger partial charge is 0.433 e. The van der Waals surface area contributed by atoms with Crippen molar-refractivity contribution in [2.45, 2.75) is 6.18 Å². The van der Waals surface area contributed by atoms with Crippen molar-refractivity contribution >= 4 is 23.2 Å². The summed E-state index contributed by atoms with van der Waals surface area (Å²) in [6, 6.07) is 7.56. The fourth-order valence-corrected chi connectivity index (χ4v) is 1.87. The van der Waals surface area contributed by atoms with E-state index in [1.165, 1.54) is 18.2 Å². The summed E-state index contributed by atoms with van der Waals surface area (Å²) in [6.45, 7) is 0. The molecule has 1 aromatic heterocycles. The molecule has 2 aromatic rings. The van der Waals surface area contributed by atoms with Crippen LogP contribution >= 0.6 is 23.2 Å². The number of rotatable bonds is 2. The van der Waals surface area contributed by atoms with Gasteiger partial charge in [-0.2, -0.15) is 18.4 Å². The third kappa shape index (κ3) is 3.57. The van der Waals surface area contributed by atoms with Gasteiger partial charge in [-0.15, -0.1) is 0 Å². The molecule has 0 aliphatic carbocycles. The second kappa shape index (κ2) is 5.80. The van der Waals surface area contributed by atoms with Crippen molar-refractivity contribution < 1.29 is 17.9 Å². The lowest BCUT2D eigenvalue weighted by Gasteiger charge is -2.11. The molecule has 1 aromatic carbocycles. The Bertz CT molecular complexity index is 726. The van der Waals surface area contributed by atoms with Gasteiger partial charge in [-0.3, -0.25) is 0 Å². The van der Waals surface area contributed by atoms with E-state index in [4.69, 9.17) is 33.2 Å². The van der Waals surface area contributed by atoms with Gasteiger partial charge in [-0.25, -0.2) is 4.98 Å². The van der Waals surface area contributed by atoms with Crippen molar-refractivity contribution in [3.8, 4) is 17.7 Å². The van der Waals surface area contributed by atoms with Crippen molar-refractivity contribution in [3.63, 3.8) is 0 Å². The third-order valence-electron chi connectivity index (χ3n) is 2.37. The largest absolute Gasteiger partial charge is 0.436 e. The number of aromatic nitrogens is 1. The van der Waals surface area contributed by atoms with E-state index in [1.54, 1.807) is 6.07 Å². The summed E-state index contributed by atoms with van der Waals surface area (Å²) in [6.07, 6.45) is -4.64. The molecule has 108 valence electrons. The van der Waals surface area contributed by atoms with Gasteiger partial charge in [-0.1, -0.05) is 23.2 Å². The van der Waals surface area contributed by atoms with E-state index >= 15 is 0 Å². The zero-order valence-corrected chi connectivity index (χ0v) is 11.6. The number of nitrogens with zero attached hydrogens (tertiary/aromatic N) is 2. The number of halogens is 5. The Morgan fingerprint density at radius 2 is 1.86 bits per heavy atom. The van der Waals surface area contributed by atoms with E-state index in [0.717, 1.165) is 6.07 Å². The molecule has 8 heteroatoms. The normalized spacial score (nSPS) is 11.0. The molecular formula is C13H5Cl2F3N2O. The molecule has 0 aliphatic heterocycles. The van der Waals surface area contributed by atoms with Gasteiger partial charge in [0.05, 0.1) is 5.02 Å². The van der Waals surface area contributed by atoms with Crippen LogP contribution in [0, 0.1) is 11.3 Å². The number of hydrogen-bond acceptors (Lipinski definition) is 3. The average Bonchev–Trinajstić information content (AvgIpc) is 2.41. The van der Waals surface area contributed by atoms with Crippen LogP contribution in [-0.4, -0.2) is 4.98 Å². The Balaban J connectivity index is 2.45. The molecule has 0 unspecified atom stereocenters. The first-order chi connectivity index (χ1) is 9.81. The zero-order valence-electron chi connectivity index (χ0n) is 10.1. The number of ether oxygens (including phenoxy) is 1. The van der Waals surface area contributed by atoms with E-state index in [9.17, 15) is 13.2 Å². The van der Waals surface area contributed by atoms with Crippen LogP contribution in [0.4, 0.5) is 13.2 Å². The van der Waals surface area contributed by atoms with E-state index < -0.39 is 17.8 Å². The highest BCUT2D eigenvalue weighted by molar-refractivity contribution is 6.35. The highest BCUT2D eigenvalue weighted by Crippen LogP contribution is 2.34. The van der Waals surface area contributed by atoms with Gasteiger partial charge in [-0.05, 0) is 30.3 Å². The Kier molecular flexibility index (Phi) is 4.26. The number of benzene rings is 1. The number of alkyl halides is 3. The number of hydrogen-bond donors (Lipinski definition) is 0. The summed E-state index contributed by atoms with van der Waals surface area (Å²) >= 11 is 11.6. The van der Waals surface area contributed by atoms with Gasteiger partial charge in [0, 0.05) is 5.02 Å². The van der Waals surface area contributed by atoms with Crippen LogP contribution in [0.3, 0.4) is 0 Å². The van der Waals surface area contributed by atoms with Crippen molar-refractivity contribution in [3.05, 3.63) is 51.6 Å². The quantitative estimate of drug-likeness (QED) is 0.771. The predicted octanol–water partition coefficient (Wildman–Crippen LogP) is 5.07. The van der Waals surface area contributed by atoms with E-state index in [2.05, 4.69) is 4.98 Å². The second-order valence-corrected chi connectivity index (χ2v) is 4.68. The van der Waals surface area contributed by atoms with Gasteiger partial charge >= 0.3 is 6.18 Å². The van der Waals surface area contributed by atoms with Crippen LogP contribution in [0.15, 0.2) is 30.3 Å². The van der Waals surface area contributed by atoms with E-state index in [-0.39, 0.29) is 16.3 Å². The third-order valence-corrected chi connectivity index (χ3v) is 2.90.